The van der Waals surface area contributed by atoms with Crippen LogP contribution in [0.1, 0.15) is 57.4 Å². The minimum atomic E-state index is -1.10. The molecule has 0 aromatic carbocycles. The highest BCUT2D eigenvalue weighted by atomic mass is 35.5. The zero-order valence-corrected chi connectivity index (χ0v) is 13.8. The molecule has 1 aromatic rings. The molecule has 0 saturated heterocycles. The Kier molecular flexibility index (Phi) is 4.20. The van der Waals surface area contributed by atoms with Gasteiger partial charge in [0, 0.05) is 6.04 Å². The second-order valence-corrected chi connectivity index (χ2v) is 7.99. The summed E-state index contributed by atoms with van der Waals surface area (Å²) < 4.78 is 0. The number of nitrogens with zero attached hydrogens (tertiary/aromatic N) is 1. The van der Waals surface area contributed by atoms with Crippen LogP contribution in [0.3, 0.4) is 0 Å². The fraction of sp³-hybridized carbons (Fsp3) is 0.625. The third-order valence-corrected chi connectivity index (χ3v) is 4.26. The van der Waals surface area contributed by atoms with E-state index in [-0.39, 0.29) is 21.5 Å². The summed E-state index contributed by atoms with van der Waals surface area (Å²) in [6.07, 6.45) is 3.28. The third-order valence-electron chi connectivity index (χ3n) is 3.96. The average Bonchev–Trinajstić information content (AvgIpc) is 2.27. The molecule has 1 aromatic heterocycles. The molecule has 21 heavy (non-hydrogen) atoms. The Labute approximate surface area is 130 Å². The summed E-state index contributed by atoms with van der Waals surface area (Å²) in [5.41, 5.74) is 0.430. The topological polar surface area (TPSA) is 62.2 Å². The van der Waals surface area contributed by atoms with E-state index >= 15 is 0 Å². The molecule has 0 bridgehead atoms. The number of carboxylic acid groups (broad SMARTS) is 1. The largest absolute Gasteiger partial charge is 0.476 e. The average molecular weight is 311 g/mol. The molecule has 2 rings (SSSR count). The SMILES string of the molecule is CC1(C)CC(Nc2ccc(Cl)c(C(=O)O)n2)CC(C)(C)C1. The highest BCUT2D eigenvalue weighted by Crippen LogP contribution is 2.46. The van der Waals surface area contributed by atoms with Crippen LogP contribution < -0.4 is 5.32 Å². The van der Waals surface area contributed by atoms with E-state index in [9.17, 15) is 4.79 Å². The van der Waals surface area contributed by atoms with Crippen molar-refractivity contribution in [2.24, 2.45) is 10.8 Å². The Hall–Kier alpha value is -1.29. The smallest absolute Gasteiger partial charge is 0.356 e. The molecule has 0 aliphatic heterocycles. The van der Waals surface area contributed by atoms with Crippen molar-refractivity contribution in [3.8, 4) is 0 Å². The second kappa shape index (κ2) is 5.48. The van der Waals surface area contributed by atoms with Crippen LogP contribution in [0.25, 0.3) is 0 Å². The summed E-state index contributed by atoms with van der Waals surface area (Å²) in [6, 6.07) is 3.61. The molecule has 0 atom stereocenters. The molecular formula is C16H23ClN2O2. The number of halogens is 1. The van der Waals surface area contributed by atoms with Gasteiger partial charge < -0.3 is 10.4 Å². The molecule has 1 saturated carbocycles. The number of aromatic carboxylic acids is 1. The Morgan fingerprint density at radius 1 is 1.29 bits per heavy atom. The Bertz CT molecular complexity index is 539. The molecule has 2 N–H and O–H groups in total. The molecule has 1 heterocycles. The van der Waals surface area contributed by atoms with E-state index in [0.717, 1.165) is 12.8 Å². The number of hydrogen-bond donors (Lipinski definition) is 2. The number of hydrogen-bond acceptors (Lipinski definition) is 3. The molecule has 1 aliphatic carbocycles. The predicted molar refractivity (Wildman–Crippen MR) is 85.0 cm³/mol. The molecule has 5 heteroatoms. The van der Waals surface area contributed by atoms with Crippen LogP contribution in [-0.2, 0) is 0 Å². The van der Waals surface area contributed by atoms with Crippen molar-refractivity contribution in [3.63, 3.8) is 0 Å². The van der Waals surface area contributed by atoms with Crippen LogP contribution in [0.5, 0.6) is 0 Å². The summed E-state index contributed by atoms with van der Waals surface area (Å²) in [5.74, 6) is -0.525. The van der Waals surface area contributed by atoms with Gasteiger partial charge in [-0.15, -0.1) is 0 Å². The lowest BCUT2D eigenvalue weighted by atomic mass is 9.63. The summed E-state index contributed by atoms with van der Waals surface area (Å²) in [5, 5.41) is 12.6. The molecule has 0 radical (unpaired) electrons. The van der Waals surface area contributed by atoms with Gasteiger partial charge in [-0.05, 0) is 42.2 Å². The normalized spacial score (nSPS) is 21.0. The van der Waals surface area contributed by atoms with Crippen LogP contribution in [0, 0.1) is 10.8 Å². The van der Waals surface area contributed by atoms with Gasteiger partial charge in [-0.3, -0.25) is 0 Å². The lowest BCUT2D eigenvalue weighted by Gasteiger charge is -2.45. The van der Waals surface area contributed by atoms with E-state index in [0.29, 0.717) is 11.9 Å². The number of aromatic nitrogens is 1. The highest BCUT2D eigenvalue weighted by Gasteiger charge is 2.38. The van der Waals surface area contributed by atoms with Gasteiger partial charge in [-0.1, -0.05) is 39.3 Å². The van der Waals surface area contributed by atoms with Gasteiger partial charge in [0.25, 0.3) is 0 Å². The summed E-state index contributed by atoms with van der Waals surface area (Å²) >= 11 is 5.85. The zero-order chi connectivity index (χ0) is 15.8. The monoisotopic (exact) mass is 310 g/mol. The lowest BCUT2D eigenvalue weighted by Crippen LogP contribution is -2.40. The molecule has 1 aliphatic rings. The van der Waals surface area contributed by atoms with Crippen LogP contribution in [0.4, 0.5) is 5.82 Å². The molecule has 1 fully saturated rings. The second-order valence-electron chi connectivity index (χ2n) is 7.59. The van der Waals surface area contributed by atoms with Gasteiger partial charge in [0.2, 0.25) is 0 Å². The quantitative estimate of drug-likeness (QED) is 0.865. The van der Waals surface area contributed by atoms with Crippen molar-refractivity contribution >= 4 is 23.4 Å². The fourth-order valence-electron chi connectivity index (χ4n) is 3.83. The van der Waals surface area contributed by atoms with Gasteiger partial charge in [0.1, 0.15) is 5.82 Å². The van der Waals surface area contributed by atoms with Gasteiger partial charge in [0.15, 0.2) is 5.69 Å². The minimum Gasteiger partial charge on any atom is -0.476 e. The van der Waals surface area contributed by atoms with Crippen LogP contribution in [-0.4, -0.2) is 22.1 Å². The van der Waals surface area contributed by atoms with Gasteiger partial charge >= 0.3 is 5.97 Å². The summed E-state index contributed by atoms with van der Waals surface area (Å²) in [6.45, 7) is 9.11. The van der Waals surface area contributed by atoms with Crippen molar-refractivity contribution < 1.29 is 9.90 Å². The first-order chi connectivity index (χ1) is 9.58. The number of pyridine rings is 1. The number of carboxylic acids is 1. The van der Waals surface area contributed by atoms with E-state index in [4.69, 9.17) is 16.7 Å². The lowest BCUT2D eigenvalue weighted by molar-refractivity contribution is 0.0690. The Balaban J connectivity index is 2.18. The maximum Gasteiger partial charge on any atom is 0.356 e. The van der Waals surface area contributed by atoms with E-state index in [1.54, 1.807) is 12.1 Å². The molecule has 4 nitrogen and oxygen atoms in total. The van der Waals surface area contributed by atoms with Crippen molar-refractivity contribution in [2.75, 3.05) is 5.32 Å². The van der Waals surface area contributed by atoms with Crippen LogP contribution in [0.15, 0.2) is 12.1 Å². The van der Waals surface area contributed by atoms with Gasteiger partial charge in [-0.2, -0.15) is 0 Å². The van der Waals surface area contributed by atoms with Crippen molar-refractivity contribution in [2.45, 2.75) is 53.0 Å². The van der Waals surface area contributed by atoms with Gasteiger partial charge in [0.05, 0.1) is 5.02 Å². The summed E-state index contributed by atoms with van der Waals surface area (Å²) in [4.78, 5) is 15.2. The standard InChI is InChI=1S/C16H23ClN2O2/c1-15(2)7-10(8-16(3,4)9-15)18-12-6-5-11(17)13(19-12)14(20)21/h5-6,10H,7-9H2,1-4H3,(H,18,19)(H,20,21). The first-order valence-electron chi connectivity index (χ1n) is 7.24. The fourth-order valence-corrected chi connectivity index (χ4v) is 4.02. The van der Waals surface area contributed by atoms with Crippen LogP contribution in [0.2, 0.25) is 5.02 Å². The van der Waals surface area contributed by atoms with E-state index < -0.39 is 5.97 Å². The van der Waals surface area contributed by atoms with Gasteiger partial charge in [-0.25, -0.2) is 9.78 Å². The van der Waals surface area contributed by atoms with Crippen LogP contribution >= 0.6 is 11.6 Å². The predicted octanol–water partition coefficient (Wildman–Crippen LogP) is 4.45. The van der Waals surface area contributed by atoms with E-state index in [1.807, 2.05) is 0 Å². The van der Waals surface area contributed by atoms with E-state index in [1.165, 1.54) is 6.42 Å². The maximum atomic E-state index is 11.1. The van der Waals surface area contributed by atoms with Crippen molar-refractivity contribution in [1.29, 1.82) is 0 Å². The summed E-state index contributed by atoms with van der Waals surface area (Å²) in [7, 11) is 0. The molecular weight excluding hydrogens is 288 g/mol. The molecule has 0 unspecified atom stereocenters. The molecule has 0 spiro atoms. The molecule has 116 valence electrons. The number of anilines is 1. The maximum absolute atomic E-state index is 11.1. The Morgan fingerprint density at radius 2 is 1.86 bits per heavy atom. The van der Waals surface area contributed by atoms with Crippen molar-refractivity contribution in [1.82, 2.24) is 4.98 Å². The first-order valence-corrected chi connectivity index (χ1v) is 7.62. The highest BCUT2D eigenvalue weighted by molar-refractivity contribution is 6.33. The van der Waals surface area contributed by atoms with Crippen molar-refractivity contribution in [3.05, 3.63) is 22.8 Å². The minimum absolute atomic E-state index is 0.101. The third kappa shape index (κ3) is 4.10. The zero-order valence-electron chi connectivity index (χ0n) is 13.0. The molecule has 0 amide bonds. The number of carbonyl (C=O) groups is 1. The number of rotatable bonds is 3. The van der Waals surface area contributed by atoms with E-state index in [2.05, 4.69) is 38.0 Å². The Morgan fingerprint density at radius 3 is 2.38 bits per heavy atom. The number of nitrogens with one attached hydrogen (secondary N) is 1. The first kappa shape index (κ1) is 16.1.